The molecule has 0 aliphatic carbocycles. The molecule has 2 rings (SSSR count). The van der Waals surface area contributed by atoms with Crippen LogP contribution < -0.4 is 10.1 Å². The highest BCUT2D eigenvalue weighted by Crippen LogP contribution is 2.29. The lowest BCUT2D eigenvalue weighted by atomic mass is 10.2. The van der Waals surface area contributed by atoms with E-state index in [0.29, 0.717) is 5.75 Å². The Kier molecular flexibility index (Phi) is 3.56. The number of nitro groups is 1. The molecule has 7 heteroatoms. The molecule has 0 unspecified atom stereocenters. The van der Waals surface area contributed by atoms with Gasteiger partial charge in [-0.05, 0) is 19.1 Å². The second-order valence-electron chi connectivity index (χ2n) is 3.81. The van der Waals surface area contributed by atoms with Crippen LogP contribution in [0, 0.1) is 17.0 Å². The van der Waals surface area contributed by atoms with Gasteiger partial charge < -0.3 is 10.1 Å². The van der Waals surface area contributed by atoms with E-state index >= 15 is 0 Å². The third-order valence-electron chi connectivity index (χ3n) is 2.39. The first-order valence-electron chi connectivity index (χ1n) is 5.54. The Labute approximate surface area is 109 Å². The number of aryl methyl sites for hydroxylation is 1. The molecule has 7 nitrogen and oxygen atoms in total. The van der Waals surface area contributed by atoms with Crippen LogP contribution in [0.25, 0.3) is 0 Å². The predicted octanol–water partition coefficient (Wildman–Crippen LogP) is 2.53. The molecule has 2 aromatic rings. The fourth-order valence-electron chi connectivity index (χ4n) is 1.40. The average Bonchev–Trinajstić information content (AvgIpc) is 2.41. The van der Waals surface area contributed by atoms with Crippen molar-refractivity contribution in [1.82, 2.24) is 9.97 Å². The predicted molar refractivity (Wildman–Crippen MR) is 69.5 cm³/mol. The Hall–Kier alpha value is -2.70. The molecular formula is C12H12N4O3. The topological polar surface area (TPSA) is 90.2 Å². The first-order valence-corrected chi connectivity index (χ1v) is 5.54. The summed E-state index contributed by atoms with van der Waals surface area (Å²) in [6.07, 6.45) is 1.11. The first-order chi connectivity index (χ1) is 9.10. The Morgan fingerprint density at radius 1 is 1.32 bits per heavy atom. The van der Waals surface area contributed by atoms with E-state index in [1.165, 1.54) is 0 Å². The standard InChI is InChI=1S/C12H12N4O3/c1-8-3-5-9(6-4-8)19-11-10(16(17)18)7-14-12(13-2)15-11/h3-7H,1-2H3,(H,13,14,15). The number of hydrogen-bond donors (Lipinski definition) is 1. The zero-order valence-corrected chi connectivity index (χ0v) is 10.5. The van der Waals surface area contributed by atoms with Crippen molar-refractivity contribution in [2.75, 3.05) is 12.4 Å². The van der Waals surface area contributed by atoms with Crippen LogP contribution >= 0.6 is 0 Å². The second-order valence-corrected chi connectivity index (χ2v) is 3.81. The smallest absolute Gasteiger partial charge is 0.349 e. The molecule has 19 heavy (non-hydrogen) atoms. The van der Waals surface area contributed by atoms with Crippen molar-refractivity contribution in [3.8, 4) is 11.6 Å². The summed E-state index contributed by atoms with van der Waals surface area (Å²) < 4.78 is 5.44. The van der Waals surface area contributed by atoms with E-state index in [2.05, 4.69) is 15.3 Å². The van der Waals surface area contributed by atoms with Crippen molar-refractivity contribution in [2.45, 2.75) is 6.92 Å². The van der Waals surface area contributed by atoms with Crippen molar-refractivity contribution in [3.63, 3.8) is 0 Å². The third-order valence-corrected chi connectivity index (χ3v) is 2.39. The highest BCUT2D eigenvalue weighted by atomic mass is 16.6. The Bertz CT molecular complexity index is 598. The Morgan fingerprint density at radius 2 is 2.00 bits per heavy atom. The van der Waals surface area contributed by atoms with Crippen LogP contribution in [-0.2, 0) is 0 Å². The number of anilines is 1. The molecule has 1 N–H and O–H groups in total. The summed E-state index contributed by atoms with van der Waals surface area (Å²) in [7, 11) is 1.62. The van der Waals surface area contributed by atoms with E-state index in [0.717, 1.165) is 11.8 Å². The van der Waals surface area contributed by atoms with Crippen LogP contribution in [0.2, 0.25) is 0 Å². The minimum Gasteiger partial charge on any atom is -0.434 e. The Balaban J connectivity index is 2.36. The third kappa shape index (κ3) is 2.95. The van der Waals surface area contributed by atoms with Gasteiger partial charge in [-0.3, -0.25) is 10.1 Å². The summed E-state index contributed by atoms with van der Waals surface area (Å²) in [5.41, 5.74) is 0.792. The van der Waals surface area contributed by atoms with Gasteiger partial charge in [0, 0.05) is 7.05 Å². The number of hydrogen-bond acceptors (Lipinski definition) is 6. The molecule has 1 aromatic heterocycles. The van der Waals surface area contributed by atoms with E-state index in [1.807, 2.05) is 19.1 Å². The number of ether oxygens (including phenoxy) is 1. The summed E-state index contributed by atoms with van der Waals surface area (Å²) in [6, 6.07) is 7.14. The summed E-state index contributed by atoms with van der Waals surface area (Å²) in [5, 5.41) is 13.6. The van der Waals surface area contributed by atoms with Crippen molar-refractivity contribution in [1.29, 1.82) is 0 Å². The van der Waals surface area contributed by atoms with Crippen molar-refractivity contribution in [3.05, 3.63) is 46.1 Å². The molecule has 0 saturated carbocycles. The van der Waals surface area contributed by atoms with Gasteiger partial charge in [0.2, 0.25) is 5.95 Å². The molecule has 0 radical (unpaired) electrons. The number of rotatable bonds is 4. The molecule has 0 atom stereocenters. The molecule has 0 amide bonds. The van der Waals surface area contributed by atoms with Crippen LogP contribution in [-0.4, -0.2) is 21.9 Å². The van der Waals surface area contributed by atoms with Gasteiger partial charge in [-0.15, -0.1) is 0 Å². The molecule has 0 bridgehead atoms. The van der Waals surface area contributed by atoms with Crippen LogP contribution in [0.4, 0.5) is 11.6 Å². The number of nitrogens with one attached hydrogen (secondary N) is 1. The van der Waals surface area contributed by atoms with E-state index < -0.39 is 4.92 Å². The highest BCUT2D eigenvalue weighted by molar-refractivity contribution is 5.45. The van der Waals surface area contributed by atoms with Gasteiger partial charge >= 0.3 is 11.6 Å². The largest absolute Gasteiger partial charge is 0.434 e. The normalized spacial score (nSPS) is 10.0. The van der Waals surface area contributed by atoms with Gasteiger partial charge in [0.15, 0.2) is 0 Å². The zero-order chi connectivity index (χ0) is 13.8. The summed E-state index contributed by atoms with van der Waals surface area (Å²) in [4.78, 5) is 18.0. The van der Waals surface area contributed by atoms with Gasteiger partial charge in [0.25, 0.3) is 0 Å². The molecule has 0 aliphatic rings. The SMILES string of the molecule is CNc1ncc([N+](=O)[O-])c(Oc2ccc(C)cc2)n1. The van der Waals surface area contributed by atoms with Crippen LogP contribution in [0.1, 0.15) is 5.56 Å². The summed E-state index contributed by atoms with van der Waals surface area (Å²) in [5.74, 6) is 0.648. The molecular weight excluding hydrogens is 248 g/mol. The maximum atomic E-state index is 10.9. The molecule has 0 saturated heterocycles. The Morgan fingerprint density at radius 3 is 2.58 bits per heavy atom. The maximum Gasteiger partial charge on any atom is 0.349 e. The minimum atomic E-state index is -0.580. The van der Waals surface area contributed by atoms with Gasteiger partial charge in [0.1, 0.15) is 11.9 Å². The van der Waals surface area contributed by atoms with E-state index in [4.69, 9.17) is 4.74 Å². The van der Waals surface area contributed by atoms with Gasteiger partial charge in [0.05, 0.1) is 4.92 Å². The molecule has 98 valence electrons. The molecule has 0 spiro atoms. The van der Waals surface area contributed by atoms with Crippen LogP contribution in [0.3, 0.4) is 0 Å². The van der Waals surface area contributed by atoms with Crippen LogP contribution in [0.5, 0.6) is 11.6 Å². The van der Waals surface area contributed by atoms with Crippen molar-refractivity contribution < 1.29 is 9.66 Å². The highest BCUT2D eigenvalue weighted by Gasteiger charge is 2.19. The maximum absolute atomic E-state index is 10.9. The van der Waals surface area contributed by atoms with Gasteiger partial charge in [-0.2, -0.15) is 4.98 Å². The number of aromatic nitrogens is 2. The molecule has 0 aliphatic heterocycles. The molecule has 0 fully saturated rings. The fourth-order valence-corrected chi connectivity index (χ4v) is 1.40. The quantitative estimate of drug-likeness (QED) is 0.671. The van der Waals surface area contributed by atoms with E-state index in [1.54, 1.807) is 19.2 Å². The van der Waals surface area contributed by atoms with Gasteiger partial charge in [-0.25, -0.2) is 4.98 Å². The lowest BCUT2D eigenvalue weighted by Gasteiger charge is -2.06. The summed E-state index contributed by atoms with van der Waals surface area (Å²) in [6.45, 7) is 1.94. The fraction of sp³-hybridized carbons (Fsp3) is 0.167. The second kappa shape index (κ2) is 5.30. The summed E-state index contributed by atoms with van der Waals surface area (Å²) >= 11 is 0. The van der Waals surface area contributed by atoms with Crippen LogP contribution in [0.15, 0.2) is 30.5 Å². The van der Waals surface area contributed by atoms with E-state index in [-0.39, 0.29) is 17.5 Å². The molecule has 1 aromatic carbocycles. The molecule has 1 heterocycles. The van der Waals surface area contributed by atoms with Crippen molar-refractivity contribution in [2.24, 2.45) is 0 Å². The van der Waals surface area contributed by atoms with E-state index in [9.17, 15) is 10.1 Å². The zero-order valence-electron chi connectivity index (χ0n) is 10.5. The van der Waals surface area contributed by atoms with Crippen molar-refractivity contribution >= 4 is 11.6 Å². The number of nitrogens with zero attached hydrogens (tertiary/aromatic N) is 3. The lowest BCUT2D eigenvalue weighted by molar-refractivity contribution is -0.386. The minimum absolute atomic E-state index is 0.0896. The first kappa shape index (κ1) is 12.7. The lowest BCUT2D eigenvalue weighted by Crippen LogP contribution is -2.01. The average molecular weight is 260 g/mol. The monoisotopic (exact) mass is 260 g/mol. The number of benzene rings is 1. The van der Waals surface area contributed by atoms with Gasteiger partial charge in [-0.1, -0.05) is 17.7 Å².